The molecule has 10 nitrogen and oxygen atoms in total. The number of ether oxygens (including phenoxy) is 2. The number of halogens is 2. The molecule has 0 aliphatic carbocycles. The summed E-state index contributed by atoms with van der Waals surface area (Å²) in [4.78, 5) is 39.3. The molecule has 2 aliphatic heterocycles. The van der Waals surface area contributed by atoms with Crippen LogP contribution < -0.4 is 15.5 Å². The van der Waals surface area contributed by atoms with Crippen LogP contribution in [0.1, 0.15) is 15.9 Å². The second-order valence-corrected chi connectivity index (χ2v) is 11.6. The number of carbonyl (C=O) groups is 3. The van der Waals surface area contributed by atoms with Crippen LogP contribution in [0.4, 0.5) is 14.5 Å². The Kier molecular flexibility index (Phi) is 10.5. The van der Waals surface area contributed by atoms with Crippen molar-refractivity contribution < 1.29 is 37.7 Å². The average Bonchev–Trinajstić information content (AvgIpc) is 3.30. The molecule has 45 heavy (non-hydrogen) atoms. The molecule has 0 aromatic heterocycles. The van der Waals surface area contributed by atoms with Gasteiger partial charge in [0.2, 0.25) is 5.91 Å². The average molecular weight is 655 g/mol. The molecule has 0 bridgehead atoms. The summed E-state index contributed by atoms with van der Waals surface area (Å²) >= 11 is 6.42. The van der Waals surface area contributed by atoms with Crippen LogP contribution in [0.5, 0.6) is 5.75 Å². The molecule has 2 aliphatic rings. The largest absolute Gasteiger partial charge is 0.492 e. The second kappa shape index (κ2) is 14.7. The fourth-order valence-corrected chi connectivity index (χ4v) is 5.76. The molecule has 14 heteroatoms. The number of hydrogen-bond donors (Lipinski definition) is 3. The van der Waals surface area contributed by atoms with E-state index in [1.165, 1.54) is 30.3 Å². The van der Waals surface area contributed by atoms with Gasteiger partial charge in [-0.05, 0) is 65.7 Å². The third-order valence-electron chi connectivity index (χ3n) is 6.93. The van der Waals surface area contributed by atoms with E-state index in [4.69, 9.17) is 26.8 Å². The molecule has 2 saturated heterocycles. The first-order valence-corrected chi connectivity index (χ1v) is 15.1. The zero-order chi connectivity index (χ0) is 31.9. The Balaban J connectivity index is 1.30. The van der Waals surface area contributed by atoms with Crippen molar-refractivity contribution in [2.24, 2.45) is 0 Å². The lowest BCUT2D eigenvalue weighted by atomic mass is 10.0. The molecule has 0 atom stereocenters. The summed E-state index contributed by atoms with van der Waals surface area (Å²) < 4.78 is 39.2. The van der Waals surface area contributed by atoms with Crippen molar-refractivity contribution in [1.29, 1.82) is 0 Å². The molecular formula is C31H28F2N4O6S2. The number of carbonyl (C=O) groups excluding carboxylic acids is 2. The number of amides is 2. The Bertz CT molecular complexity index is 1650. The minimum atomic E-state index is -1.08. The van der Waals surface area contributed by atoms with Crippen LogP contribution in [-0.2, 0) is 14.3 Å². The normalized spacial score (nSPS) is 16.3. The highest BCUT2D eigenvalue weighted by molar-refractivity contribution is 8.26. The van der Waals surface area contributed by atoms with E-state index in [2.05, 4.69) is 15.6 Å². The quantitative estimate of drug-likeness (QED) is 0.203. The number of benzene rings is 3. The van der Waals surface area contributed by atoms with Crippen molar-refractivity contribution >= 4 is 57.8 Å². The molecule has 5 rings (SSSR count). The number of carboxylic acid groups (broad SMARTS) is 1. The number of carboxylic acids is 1. The molecule has 0 spiro atoms. The minimum Gasteiger partial charge on any atom is -0.492 e. The van der Waals surface area contributed by atoms with Gasteiger partial charge >= 0.3 is 5.97 Å². The van der Waals surface area contributed by atoms with Gasteiger partial charge in [0, 0.05) is 30.9 Å². The molecule has 2 heterocycles. The number of nitrogens with one attached hydrogen (secondary N) is 2. The van der Waals surface area contributed by atoms with Gasteiger partial charge < -0.3 is 19.9 Å². The van der Waals surface area contributed by atoms with Crippen LogP contribution in [0.3, 0.4) is 0 Å². The first-order chi connectivity index (χ1) is 21.7. The standard InChI is InChI=1S/C31H28F2N4O6S2/c32-24-7-3-21(16-25(24)33)20-4-8-26(43-14-11-36-9-12-42-13-10-36)22(15-20)17-27-29(39)37(31(44)45-27)34-18-28(38)35-23-5-1-19(2-6-23)30(40)41/h1-8,15-17,34H,9-14,18H2,(H,35,38)(H,40,41). The van der Waals surface area contributed by atoms with E-state index in [1.807, 2.05) is 0 Å². The van der Waals surface area contributed by atoms with Crippen LogP contribution in [0.25, 0.3) is 17.2 Å². The third-order valence-corrected chi connectivity index (χ3v) is 8.23. The second-order valence-electron chi connectivity index (χ2n) is 9.97. The van der Waals surface area contributed by atoms with Crippen molar-refractivity contribution in [1.82, 2.24) is 15.3 Å². The predicted octanol–water partition coefficient (Wildman–Crippen LogP) is 4.39. The van der Waals surface area contributed by atoms with Crippen LogP contribution in [0, 0.1) is 11.6 Å². The smallest absolute Gasteiger partial charge is 0.335 e. The number of hydrogen-bond acceptors (Lipinski definition) is 9. The van der Waals surface area contributed by atoms with Crippen LogP contribution in [0.15, 0.2) is 65.6 Å². The van der Waals surface area contributed by atoms with Crippen LogP contribution in [-0.4, -0.2) is 83.1 Å². The number of rotatable bonds is 11. The Morgan fingerprint density at radius 3 is 2.44 bits per heavy atom. The maximum absolute atomic E-state index is 14.0. The maximum atomic E-state index is 14.0. The van der Waals surface area contributed by atoms with E-state index in [0.717, 1.165) is 42.0 Å². The number of thioether (sulfide) groups is 1. The van der Waals surface area contributed by atoms with E-state index in [-0.39, 0.29) is 21.3 Å². The lowest BCUT2D eigenvalue weighted by Gasteiger charge is -2.26. The molecule has 234 valence electrons. The third kappa shape index (κ3) is 8.29. The number of hydrazine groups is 1. The fourth-order valence-electron chi connectivity index (χ4n) is 4.55. The fraction of sp³-hybridized carbons (Fsp3) is 0.226. The molecule has 3 aromatic rings. The summed E-state index contributed by atoms with van der Waals surface area (Å²) in [5, 5.41) is 12.7. The Morgan fingerprint density at radius 2 is 1.73 bits per heavy atom. The lowest BCUT2D eigenvalue weighted by Crippen LogP contribution is -2.44. The molecule has 2 amide bonds. The van der Waals surface area contributed by atoms with E-state index in [0.29, 0.717) is 54.5 Å². The van der Waals surface area contributed by atoms with Crippen molar-refractivity contribution in [3.63, 3.8) is 0 Å². The van der Waals surface area contributed by atoms with Gasteiger partial charge in [0.05, 0.1) is 30.2 Å². The van der Waals surface area contributed by atoms with Crippen LogP contribution in [0.2, 0.25) is 0 Å². The summed E-state index contributed by atoms with van der Waals surface area (Å²) in [5.74, 6) is -3.50. The van der Waals surface area contributed by atoms with Gasteiger partial charge in [-0.2, -0.15) is 0 Å². The van der Waals surface area contributed by atoms with Gasteiger partial charge in [0.1, 0.15) is 12.4 Å². The number of morpholine rings is 1. The number of thiocarbonyl (C=S) groups is 1. The molecule has 3 aromatic carbocycles. The zero-order valence-corrected chi connectivity index (χ0v) is 25.4. The Labute approximate surface area is 266 Å². The summed E-state index contributed by atoms with van der Waals surface area (Å²) in [5.41, 5.74) is 4.76. The first kappa shape index (κ1) is 32.2. The summed E-state index contributed by atoms with van der Waals surface area (Å²) in [6.45, 7) is 3.68. The molecule has 2 fully saturated rings. The van der Waals surface area contributed by atoms with Crippen molar-refractivity contribution in [3.8, 4) is 16.9 Å². The van der Waals surface area contributed by atoms with Crippen molar-refractivity contribution in [2.75, 3.05) is 51.3 Å². The summed E-state index contributed by atoms with van der Waals surface area (Å²) in [6.07, 6.45) is 1.61. The Morgan fingerprint density at radius 1 is 1.02 bits per heavy atom. The molecular weight excluding hydrogens is 626 g/mol. The van der Waals surface area contributed by atoms with Gasteiger partial charge in [-0.3, -0.25) is 14.5 Å². The molecule has 0 unspecified atom stereocenters. The predicted molar refractivity (Wildman–Crippen MR) is 170 cm³/mol. The van der Waals surface area contributed by atoms with E-state index >= 15 is 0 Å². The van der Waals surface area contributed by atoms with Crippen molar-refractivity contribution in [3.05, 3.63) is 88.3 Å². The SMILES string of the molecule is O=C(CNN1C(=O)C(=Cc2cc(-c3ccc(F)c(F)c3)ccc2OCCN2CCOCC2)SC1=S)Nc1ccc(C(=O)O)cc1. The van der Waals surface area contributed by atoms with Gasteiger partial charge in [-0.15, -0.1) is 0 Å². The van der Waals surface area contributed by atoms with E-state index < -0.39 is 29.4 Å². The van der Waals surface area contributed by atoms with Gasteiger partial charge in [0.15, 0.2) is 16.0 Å². The van der Waals surface area contributed by atoms with Crippen molar-refractivity contribution in [2.45, 2.75) is 0 Å². The minimum absolute atomic E-state index is 0.0801. The highest BCUT2D eigenvalue weighted by Crippen LogP contribution is 2.35. The molecule has 3 N–H and O–H groups in total. The summed E-state index contributed by atoms with van der Waals surface area (Å²) in [7, 11) is 0. The number of anilines is 1. The number of aromatic carboxylic acids is 1. The summed E-state index contributed by atoms with van der Waals surface area (Å²) in [6, 6.07) is 14.4. The first-order valence-electron chi connectivity index (χ1n) is 13.8. The van der Waals surface area contributed by atoms with Crippen LogP contribution >= 0.6 is 24.0 Å². The molecule has 0 radical (unpaired) electrons. The number of nitrogens with zero attached hydrogens (tertiary/aromatic N) is 2. The van der Waals surface area contributed by atoms with E-state index in [9.17, 15) is 23.2 Å². The lowest BCUT2D eigenvalue weighted by molar-refractivity contribution is -0.124. The van der Waals surface area contributed by atoms with Gasteiger partial charge in [-0.25, -0.2) is 24.0 Å². The molecule has 0 saturated carbocycles. The maximum Gasteiger partial charge on any atom is 0.335 e. The highest BCUT2D eigenvalue weighted by Gasteiger charge is 2.33. The Hall–Kier alpha value is -4.21. The van der Waals surface area contributed by atoms with Gasteiger partial charge in [0.25, 0.3) is 5.91 Å². The monoisotopic (exact) mass is 654 g/mol. The van der Waals surface area contributed by atoms with E-state index in [1.54, 1.807) is 24.3 Å². The van der Waals surface area contributed by atoms with Gasteiger partial charge in [-0.1, -0.05) is 36.1 Å². The topological polar surface area (TPSA) is 120 Å². The zero-order valence-electron chi connectivity index (χ0n) is 23.8. The highest BCUT2D eigenvalue weighted by atomic mass is 32.2.